The molecule has 0 fully saturated rings. The summed E-state index contributed by atoms with van der Waals surface area (Å²) >= 11 is 0. The summed E-state index contributed by atoms with van der Waals surface area (Å²) in [5.41, 5.74) is 8.87. The fourth-order valence-corrected chi connectivity index (χ4v) is 1.93. The molecular weight excluding hydrogens is 214 g/mol. The van der Waals surface area contributed by atoms with Crippen LogP contribution in [-0.4, -0.2) is 32.6 Å². The Labute approximate surface area is 103 Å². The zero-order chi connectivity index (χ0) is 13.0. The molecule has 4 nitrogen and oxygen atoms in total. The maximum absolute atomic E-state index is 11.2. The van der Waals surface area contributed by atoms with Crippen molar-refractivity contribution in [3.8, 4) is 0 Å². The van der Waals surface area contributed by atoms with Crippen LogP contribution in [0, 0.1) is 13.8 Å². The molecule has 0 bridgehead atoms. The van der Waals surface area contributed by atoms with Crippen molar-refractivity contribution < 1.29 is 4.79 Å². The maximum Gasteiger partial charge on any atom is 0.236 e. The number of rotatable bonds is 5. The second-order valence-electron chi connectivity index (χ2n) is 4.41. The number of carbonyl (C=O) groups excluding carboxylic acids is 1. The molecule has 3 N–H and O–H groups in total. The highest BCUT2D eigenvalue weighted by molar-refractivity contribution is 5.80. The summed E-state index contributed by atoms with van der Waals surface area (Å²) in [4.78, 5) is 13.2. The molecule has 0 heterocycles. The molecule has 1 aromatic rings. The lowest BCUT2D eigenvalue weighted by molar-refractivity contribution is -0.119. The van der Waals surface area contributed by atoms with E-state index < -0.39 is 0 Å². The van der Waals surface area contributed by atoms with Crippen LogP contribution in [0.1, 0.15) is 11.1 Å². The van der Waals surface area contributed by atoms with Gasteiger partial charge in [-0.3, -0.25) is 4.79 Å². The second kappa shape index (κ2) is 5.68. The summed E-state index contributed by atoms with van der Waals surface area (Å²) in [7, 11) is 3.70. The molecule has 1 rings (SSSR count). The molecular formula is C13H21N3O. The number of anilines is 1. The number of primary amides is 1. The van der Waals surface area contributed by atoms with Gasteiger partial charge in [0.05, 0.1) is 0 Å². The van der Waals surface area contributed by atoms with Crippen LogP contribution in [0.2, 0.25) is 0 Å². The topological polar surface area (TPSA) is 58.4 Å². The molecule has 94 valence electrons. The number of nitrogens with zero attached hydrogens (tertiary/aromatic N) is 1. The molecule has 1 unspecified atom stereocenters. The van der Waals surface area contributed by atoms with Crippen LogP contribution in [0.25, 0.3) is 0 Å². The van der Waals surface area contributed by atoms with Crippen molar-refractivity contribution in [3.05, 3.63) is 29.3 Å². The fourth-order valence-electron chi connectivity index (χ4n) is 1.93. The van der Waals surface area contributed by atoms with E-state index >= 15 is 0 Å². The summed E-state index contributed by atoms with van der Waals surface area (Å²) in [5, 5.41) is 2.92. The lowest BCUT2D eigenvalue weighted by atomic mass is 10.1. The van der Waals surface area contributed by atoms with E-state index in [-0.39, 0.29) is 11.9 Å². The Morgan fingerprint density at radius 2 is 2.12 bits per heavy atom. The molecule has 0 radical (unpaired) electrons. The van der Waals surface area contributed by atoms with Gasteiger partial charge in [0.15, 0.2) is 0 Å². The van der Waals surface area contributed by atoms with Gasteiger partial charge in [0, 0.05) is 19.3 Å². The first-order valence-corrected chi connectivity index (χ1v) is 5.70. The van der Waals surface area contributed by atoms with E-state index in [2.05, 4.69) is 37.4 Å². The summed E-state index contributed by atoms with van der Waals surface area (Å²) in [6.07, 6.45) is 0. The molecule has 1 amide bonds. The molecule has 0 aromatic heterocycles. The predicted octanol–water partition coefficient (Wildman–Crippen LogP) is 0.813. The Morgan fingerprint density at radius 3 is 2.59 bits per heavy atom. The molecule has 4 heteroatoms. The van der Waals surface area contributed by atoms with Gasteiger partial charge < -0.3 is 16.0 Å². The Morgan fingerprint density at radius 1 is 1.47 bits per heavy atom. The van der Waals surface area contributed by atoms with E-state index in [0.29, 0.717) is 6.54 Å². The second-order valence-corrected chi connectivity index (χ2v) is 4.41. The quantitative estimate of drug-likeness (QED) is 0.794. The molecule has 0 aliphatic rings. The average molecular weight is 235 g/mol. The van der Waals surface area contributed by atoms with Gasteiger partial charge in [0.25, 0.3) is 0 Å². The third-order valence-corrected chi connectivity index (χ3v) is 2.91. The Bertz CT molecular complexity index is 404. The van der Waals surface area contributed by atoms with Gasteiger partial charge in [-0.25, -0.2) is 0 Å². The van der Waals surface area contributed by atoms with Crippen molar-refractivity contribution in [2.75, 3.05) is 25.5 Å². The van der Waals surface area contributed by atoms with Crippen molar-refractivity contribution in [1.82, 2.24) is 5.32 Å². The van der Waals surface area contributed by atoms with E-state index in [1.165, 1.54) is 11.1 Å². The zero-order valence-corrected chi connectivity index (χ0v) is 10.9. The molecule has 0 saturated carbocycles. The number of aryl methyl sites for hydroxylation is 2. The normalized spacial score (nSPS) is 12.2. The molecule has 0 saturated heterocycles. The van der Waals surface area contributed by atoms with Crippen molar-refractivity contribution in [2.45, 2.75) is 19.9 Å². The number of benzene rings is 1. The Kier molecular flexibility index (Phi) is 4.52. The maximum atomic E-state index is 11.2. The Balaban J connectivity index is 2.82. The first-order valence-electron chi connectivity index (χ1n) is 5.70. The van der Waals surface area contributed by atoms with Crippen molar-refractivity contribution in [2.24, 2.45) is 5.73 Å². The van der Waals surface area contributed by atoms with E-state index in [1.807, 2.05) is 11.9 Å². The zero-order valence-electron chi connectivity index (χ0n) is 10.9. The number of hydrogen-bond donors (Lipinski definition) is 2. The van der Waals surface area contributed by atoms with Crippen LogP contribution in [0.3, 0.4) is 0 Å². The SMILES string of the molecule is CNC(CN(C)c1ccc(C)cc1C)C(N)=O. The standard InChI is InChI=1S/C13H21N3O/c1-9-5-6-12(10(2)7-9)16(4)8-11(15-3)13(14)17/h5-7,11,15H,8H2,1-4H3,(H2,14,17). The fraction of sp³-hybridized carbons (Fsp3) is 0.462. The largest absolute Gasteiger partial charge is 0.372 e. The van der Waals surface area contributed by atoms with Gasteiger partial charge in [-0.2, -0.15) is 0 Å². The van der Waals surface area contributed by atoms with Crippen LogP contribution in [0.15, 0.2) is 18.2 Å². The minimum absolute atomic E-state index is 0.330. The number of nitrogens with one attached hydrogen (secondary N) is 1. The van der Waals surface area contributed by atoms with Gasteiger partial charge in [-0.1, -0.05) is 17.7 Å². The van der Waals surface area contributed by atoms with Crippen LogP contribution in [-0.2, 0) is 4.79 Å². The highest BCUT2D eigenvalue weighted by Crippen LogP contribution is 2.19. The molecule has 0 spiro atoms. The first-order chi connectivity index (χ1) is 7.95. The van der Waals surface area contributed by atoms with Crippen molar-refractivity contribution >= 4 is 11.6 Å². The predicted molar refractivity (Wildman–Crippen MR) is 71.2 cm³/mol. The van der Waals surface area contributed by atoms with Gasteiger partial charge in [-0.15, -0.1) is 0 Å². The van der Waals surface area contributed by atoms with E-state index in [1.54, 1.807) is 7.05 Å². The van der Waals surface area contributed by atoms with E-state index in [4.69, 9.17) is 5.73 Å². The minimum Gasteiger partial charge on any atom is -0.372 e. The lowest BCUT2D eigenvalue weighted by Crippen LogP contribution is -2.47. The average Bonchev–Trinajstić information content (AvgIpc) is 2.24. The summed E-state index contributed by atoms with van der Waals surface area (Å²) in [5.74, 6) is -0.330. The van der Waals surface area contributed by atoms with Gasteiger partial charge in [0.2, 0.25) is 5.91 Å². The van der Waals surface area contributed by atoms with Gasteiger partial charge in [-0.05, 0) is 32.5 Å². The first kappa shape index (κ1) is 13.5. The number of carbonyl (C=O) groups is 1. The molecule has 1 aromatic carbocycles. The summed E-state index contributed by atoms with van der Waals surface area (Å²) in [6, 6.07) is 5.93. The van der Waals surface area contributed by atoms with Crippen molar-refractivity contribution in [1.29, 1.82) is 0 Å². The van der Waals surface area contributed by atoms with E-state index in [9.17, 15) is 4.79 Å². The van der Waals surface area contributed by atoms with Crippen molar-refractivity contribution in [3.63, 3.8) is 0 Å². The molecule has 1 atom stereocenters. The van der Waals surface area contributed by atoms with Gasteiger partial charge >= 0.3 is 0 Å². The van der Waals surface area contributed by atoms with Crippen LogP contribution < -0.4 is 16.0 Å². The third kappa shape index (κ3) is 3.46. The summed E-state index contributed by atoms with van der Waals surface area (Å²) in [6.45, 7) is 4.70. The number of amides is 1. The number of nitrogens with two attached hydrogens (primary N) is 1. The lowest BCUT2D eigenvalue weighted by Gasteiger charge is -2.25. The number of hydrogen-bond acceptors (Lipinski definition) is 3. The highest BCUT2D eigenvalue weighted by atomic mass is 16.1. The van der Waals surface area contributed by atoms with Crippen LogP contribution in [0.4, 0.5) is 5.69 Å². The van der Waals surface area contributed by atoms with E-state index in [0.717, 1.165) is 5.69 Å². The number of likely N-dealkylation sites (N-methyl/N-ethyl adjacent to an activating group) is 2. The van der Waals surface area contributed by atoms with Crippen LogP contribution >= 0.6 is 0 Å². The highest BCUT2D eigenvalue weighted by Gasteiger charge is 2.16. The van der Waals surface area contributed by atoms with Crippen LogP contribution in [0.5, 0.6) is 0 Å². The smallest absolute Gasteiger partial charge is 0.236 e. The molecule has 17 heavy (non-hydrogen) atoms. The summed E-state index contributed by atoms with van der Waals surface area (Å²) < 4.78 is 0. The third-order valence-electron chi connectivity index (χ3n) is 2.91. The van der Waals surface area contributed by atoms with Gasteiger partial charge in [0.1, 0.15) is 6.04 Å². The minimum atomic E-state index is -0.333. The Hall–Kier alpha value is -1.55. The monoisotopic (exact) mass is 235 g/mol. The molecule has 0 aliphatic heterocycles. The molecule has 0 aliphatic carbocycles.